The van der Waals surface area contributed by atoms with Crippen molar-refractivity contribution in [2.45, 2.75) is 45.1 Å². The van der Waals surface area contributed by atoms with Crippen LogP contribution in [0.1, 0.15) is 38.2 Å². The Labute approximate surface area is 105 Å². The van der Waals surface area contributed by atoms with Gasteiger partial charge in [0.15, 0.2) is 0 Å². The number of para-hydroxylation sites is 1. The van der Waals surface area contributed by atoms with Crippen LogP contribution in [0.25, 0.3) is 0 Å². The molecule has 2 rings (SSSR count). The number of fused-ring (bicyclic) bond motifs is 1. The summed E-state index contributed by atoms with van der Waals surface area (Å²) in [7, 11) is 0. The van der Waals surface area contributed by atoms with Crippen LogP contribution in [-0.4, -0.2) is 19.1 Å². The van der Waals surface area contributed by atoms with E-state index in [2.05, 4.69) is 36.1 Å². The number of rotatable bonds is 4. The molecule has 17 heavy (non-hydrogen) atoms. The Morgan fingerprint density at radius 1 is 1.29 bits per heavy atom. The molecule has 0 bridgehead atoms. The first-order chi connectivity index (χ1) is 8.33. The molecule has 1 aliphatic rings. The van der Waals surface area contributed by atoms with Gasteiger partial charge >= 0.3 is 0 Å². The lowest BCUT2D eigenvalue weighted by Gasteiger charge is -2.31. The summed E-state index contributed by atoms with van der Waals surface area (Å²) in [6.07, 6.45) is 6.18. The van der Waals surface area contributed by atoms with E-state index < -0.39 is 0 Å². The van der Waals surface area contributed by atoms with Gasteiger partial charge in [0.05, 0.1) is 0 Å². The third-order valence-electron chi connectivity index (χ3n) is 3.75. The van der Waals surface area contributed by atoms with Gasteiger partial charge in [-0.3, -0.25) is 0 Å². The fourth-order valence-corrected chi connectivity index (χ4v) is 2.75. The molecule has 1 aromatic rings. The molecular weight excluding hydrogens is 208 g/mol. The van der Waals surface area contributed by atoms with E-state index in [1.807, 2.05) is 0 Å². The lowest BCUT2D eigenvalue weighted by Crippen LogP contribution is -2.34. The van der Waals surface area contributed by atoms with E-state index in [-0.39, 0.29) is 0 Å². The zero-order valence-electron chi connectivity index (χ0n) is 10.9. The standard InChI is InChI=1S/C15H24N2/c1-13(7-6-11-16)17-12-5-4-9-14-8-2-3-10-15(14)17/h2-3,8,10,13H,4-7,9,11-12,16H2,1H3. The topological polar surface area (TPSA) is 29.3 Å². The predicted octanol–water partition coefficient (Wildman–Crippen LogP) is 2.96. The van der Waals surface area contributed by atoms with Crippen molar-refractivity contribution in [1.82, 2.24) is 0 Å². The molecule has 94 valence electrons. The lowest BCUT2D eigenvalue weighted by molar-refractivity contribution is 0.561. The number of nitrogens with zero attached hydrogens (tertiary/aromatic N) is 1. The van der Waals surface area contributed by atoms with Crippen LogP contribution in [0.3, 0.4) is 0 Å². The molecule has 1 aliphatic heterocycles. The van der Waals surface area contributed by atoms with Crippen molar-refractivity contribution >= 4 is 5.69 Å². The highest BCUT2D eigenvalue weighted by atomic mass is 15.2. The summed E-state index contributed by atoms with van der Waals surface area (Å²) < 4.78 is 0. The molecule has 1 unspecified atom stereocenters. The van der Waals surface area contributed by atoms with Gasteiger partial charge in [-0.15, -0.1) is 0 Å². The van der Waals surface area contributed by atoms with Crippen molar-refractivity contribution in [3.8, 4) is 0 Å². The molecule has 0 saturated carbocycles. The van der Waals surface area contributed by atoms with Crippen molar-refractivity contribution in [3.63, 3.8) is 0 Å². The summed E-state index contributed by atoms with van der Waals surface area (Å²) in [5, 5.41) is 0. The quantitative estimate of drug-likeness (QED) is 0.865. The fraction of sp³-hybridized carbons (Fsp3) is 0.600. The zero-order chi connectivity index (χ0) is 12.1. The van der Waals surface area contributed by atoms with E-state index in [0.717, 1.165) is 13.0 Å². The predicted molar refractivity (Wildman–Crippen MR) is 74.5 cm³/mol. The van der Waals surface area contributed by atoms with Crippen LogP contribution in [0.5, 0.6) is 0 Å². The summed E-state index contributed by atoms with van der Waals surface area (Å²) >= 11 is 0. The van der Waals surface area contributed by atoms with Gasteiger partial charge in [0, 0.05) is 18.3 Å². The first-order valence-corrected chi connectivity index (χ1v) is 6.87. The average molecular weight is 232 g/mol. The molecule has 0 amide bonds. The molecule has 1 aromatic carbocycles. The summed E-state index contributed by atoms with van der Waals surface area (Å²) in [6.45, 7) is 4.33. The fourth-order valence-electron chi connectivity index (χ4n) is 2.75. The molecule has 0 fully saturated rings. The molecular formula is C15H24N2. The van der Waals surface area contributed by atoms with Crippen LogP contribution >= 0.6 is 0 Å². The monoisotopic (exact) mass is 232 g/mol. The van der Waals surface area contributed by atoms with Gasteiger partial charge in [-0.05, 0) is 57.2 Å². The minimum Gasteiger partial charge on any atom is -0.369 e. The maximum absolute atomic E-state index is 5.61. The summed E-state index contributed by atoms with van der Waals surface area (Å²) in [6, 6.07) is 9.49. The van der Waals surface area contributed by atoms with Crippen LogP contribution in [0.4, 0.5) is 5.69 Å². The number of benzene rings is 1. The largest absolute Gasteiger partial charge is 0.369 e. The normalized spacial score (nSPS) is 17.4. The van der Waals surface area contributed by atoms with Gasteiger partial charge in [-0.1, -0.05) is 18.2 Å². The first kappa shape index (κ1) is 12.4. The molecule has 0 aliphatic carbocycles. The molecule has 0 radical (unpaired) electrons. The van der Waals surface area contributed by atoms with Crippen molar-refractivity contribution < 1.29 is 0 Å². The highest BCUT2D eigenvalue weighted by Crippen LogP contribution is 2.28. The van der Waals surface area contributed by atoms with E-state index in [4.69, 9.17) is 5.73 Å². The van der Waals surface area contributed by atoms with Crippen molar-refractivity contribution in [3.05, 3.63) is 29.8 Å². The molecule has 2 heteroatoms. The van der Waals surface area contributed by atoms with Gasteiger partial charge in [0.1, 0.15) is 0 Å². The molecule has 0 saturated heterocycles. The van der Waals surface area contributed by atoms with Crippen molar-refractivity contribution in [2.24, 2.45) is 5.73 Å². The second-order valence-corrected chi connectivity index (χ2v) is 5.06. The van der Waals surface area contributed by atoms with Gasteiger partial charge in [0.2, 0.25) is 0 Å². The van der Waals surface area contributed by atoms with Crippen LogP contribution in [0.15, 0.2) is 24.3 Å². The molecule has 1 heterocycles. The van der Waals surface area contributed by atoms with Crippen molar-refractivity contribution in [1.29, 1.82) is 0 Å². The molecule has 0 aromatic heterocycles. The third kappa shape index (κ3) is 3.01. The summed E-state index contributed by atoms with van der Waals surface area (Å²) in [5.74, 6) is 0. The minimum atomic E-state index is 0.609. The molecule has 2 nitrogen and oxygen atoms in total. The Kier molecular flexibility index (Phi) is 4.43. The number of nitrogens with two attached hydrogens (primary N) is 1. The summed E-state index contributed by atoms with van der Waals surface area (Å²) in [4.78, 5) is 2.58. The van der Waals surface area contributed by atoms with Crippen LogP contribution < -0.4 is 10.6 Å². The number of aryl methyl sites for hydroxylation is 1. The Morgan fingerprint density at radius 3 is 2.94 bits per heavy atom. The van der Waals surface area contributed by atoms with Gasteiger partial charge in [-0.2, -0.15) is 0 Å². The number of hydrogen-bond acceptors (Lipinski definition) is 2. The van der Waals surface area contributed by atoms with Crippen LogP contribution in [0, 0.1) is 0 Å². The zero-order valence-corrected chi connectivity index (χ0v) is 10.9. The number of hydrogen-bond donors (Lipinski definition) is 1. The van der Waals surface area contributed by atoms with Gasteiger partial charge < -0.3 is 10.6 Å². The van der Waals surface area contributed by atoms with Gasteiger partial charge in [0.25, 0.3) is 0 Å². The van der Waals surface area contributed by atoms with Crippen LogP contribution in [0.2, 0.25) is 0 Å². The molecule has 2 N–H and O–H groups in total. The Morgan fingerprint density at radius 2 is 2.12 bits per heavy atom. The van der Waals surface area contributed by atoms with E-state index >= 15 is 0 Å². The van der Waals surface area contributed by atoms with E-state index in [0.29, 0.717) is 6.04 Å². The number of anilines is 1. The van der Waals surface area contributed by atoms with Crippen molar-refractivity contribution in [2.75, 3.05) is 18.0 Å². The average Bonchev–Trinajstić information content (AvgIpc) is 2.58. The van der Waals surface area contributed by atoms with E-state index in [9.17, 15) is 0 Å². The first-order valence-electron chi connectivity index (χ1n) is 6.87. The van der Waals surface area contributed by atoms with Crippen LogP contribution in [-0.2, 0) is 6.42 Å². The molecule has 1 atom stereocenters. The third-order valence-corrected chi connectivity index (χ3v) is 3.75. The SMILES string of the molecule is CC(CCCN)N1CCCCc2ccccc21. The summed E-state index contributed by atoms with van der Waals surface area (Å²) in [5.41, 5.74) is 8.58. The second-order valence-electron chi connectivity index (χ2n) is 5.06. The Hall–Kier alpha value is -1.02. The Balaban J connectivity index is 2.16. The van der Waals surface area contributed by atoms with E-state index in [1.165, 1.54) is 43.5 Å². The van der Waals surface area contributed by atoms with E-state index in [1.54, 1.807) is 0 Å². The maximum Gasteiger partial charge on any atom is 0.0401 e. The highest BCUT2D eigenvalue weighted by molar-refractivity contribution is 5.55. The van der Waals surface area contributed by atoms with Gasteiger partial charge in [-0.25, -0.2) is 0 Å². The second kappa shape index (κ2) is 6.06. The highest BCUT2D eigenvalue weighted by Gasteiger charge is 2.18. The smallest absolute Gasteiger partial charge is 0.0401 e. The lowest BCUT2D eigenvalue weighted by atomic mass is 10.1. The maximum atomic E-state index is 5.61. The minimum absolute atomic E-state index is 0.609. The molecule has 0 spiro atoms. The Bertz CT molecular complexity index is 349.